The van der Waals surface area contributed by atoms with E-state index < -0.39 is 15.5 Å². The second-order valence-corrected chi connectivity index (χ2v) is 1.95. The van der Waals surface area contributed by atoms with Crippen molar-refractivity contribution in [1.82, 2.24) is 0 Å². The molecule has 0 aromatic heterocycles. The molecule has 0 amide bonds. The molecule has 0 aliphatic rings. The minimum Gasteiger partial charge on any atom is -1.00 e. The summed E-state index contributed by atoms with van der Waals surface area (Å²) in [6.07, 6.45) is 0. The average molecular weight is 268 g/mol. The molecule has 1 radical (unpaired) electrons. The number of hydrogen-bond acceptors (Lipinski definition) is 4. The van der Waals surface area contributed by atoms with Crippen molar-refractivity contribution in [2.45, 2.75) is 0 Å². The van der Waals surface area contributed by atoms with Crippen molar-refractivity contribution < 1.29 is 41.7 Å². The van der Waals surface area contributed by atoms with Gasteiger partial charge in [0, 0.05) is 25.5 Å². The fraction of sp³-hybridized carbons (Fsp3) is 0. The molecule has 0 aliphatic heterocycles. The Morgan fingerprint density at radius 1 is 1.21 bits per heavy atom. The van der Waals surface area contributed by atoms with Crippen molar-refractivity contribution >= 4 is 11.4 Å². The zero-order valence-electron chi connectivity index (χ0n) is 6.84. The van der Waals surface area contributed by atoms with Gasteiger partial charge in [-0.2, -0.15) is 0 Å². The molecule has 71 valence electrons. The normalized spacial score (nSPS) is 8.00. The maximum absolute atomic E-state index is 10.1. The Kier molecular flexibility index (Phi) is 7.04. The molecule has 0 saturated carbocycles. The number of benzene rings is 1. The summed E-state index contributed by atoms with van der Waals surface area (Å²) in [5, 5.41) is 20.3. The van der Waals surface area contributed by atoms with Crippen LogP contribution in [0.15, 0.2) is 18.2 Å². The Labute approximate surface area is 97.8 Å². The standard InChI is InChI=1S/C6H3N2O4.ClH.Zn/c9-7(10)5-2-1-3-6(4-5)8(11)12;;/h1-2,4H;1H;/p-1. The van der Waals surface area contributed by atoms with Gasteiger partial charge in [0.15, 0.2) is 0 Å². The third-order valence-corrected chi connectivity index (χ3v) is 1.18. The maximum atomic E-state index is 10.1. The van der Waals surface area contributed by atoms with Crippen molar-refractivity contribution in [3.8, 4) is 0 Å². The van der Waals surface area contributed by atoms with E-state index in [1.165, 1.54) is 0 Å². The molecule has 0 N–H and O–H groups in total. The van der Waals surface area contributed by atoms with Gasteiger partial charge in [-0.1, -0.05) is 0 Å². The molecule has 6 nitrogen and oxygen atoms in total. The maximum Gasteiger partial charge on any atom is 0.284 e. The third-order valence-electron chi connectivity index (χ3n) is 1.18. The summed E-state index contributed by atoms with van der Waals surface area (Å²) in [4.78, 5) is 18.8. The van der Waals surface area contributed by atoms with Crippen LogP contribution >= 0.6 is 0 Å². The van der Waals surface area contributed by atoms with Crippen LogP contribution < -0.4 is 12.4 Å². The zero-order chi connectivity index (χ0) is 9.14. The van der Waals surface area contributed by atoms with Gasteiger partial charge in [-0.25, -0.2) is 0 Å². The molecule has 0 fully saturated rings. The van der Waals surface area contributed by atoms with Crippen molar-refractivity contribution in [1.29, 1.82) is 0 Å². The first-order valence-electron chi connectivity index (χ1n) is 2.92. The molecule has 0 aliphatic carbocycles. The van der Waals surface area contributed by atoms with Gasteiger partial charge >= 0.3 is 0 Å². The van der Waals surface area contributed by atoms with Crippen LogP contribution in [0.3, 0.4) is 0 Å². The van der Waals surface area contributed by atoms with Crippen LogP contribution in [-0.4, -0.2) is 9.85 Å². The number of hydrogen-bond donors (Lipinski definition) is 0. The smallest absolute Gasteiger partial charge is 0.284 e. The predicted octanol–water partition coefficient (Wildman–Crippen LogP) is -1.70. The predicted molar refractivity (Wildman–Crippen MR) is 38.6 cm³/mol. The molecule has 0 unspecified atom stereocenters. The molecular formula is C6H3ClN2O4Zn-. The number of nitro groups is 2. The Morgan fingerprint density at radius 3 is 2.21 bits per heavy atom. The van der Waals surface area contributed by atoms with E-state index in [0.29, 0.717) is 0 Å². The number of non-ortho nitro benzene ring substituents is 2. The first-order chi connectivity index (χ1) is 5.61. The van der Waals surface area contributed by atoms with Crippen LogP contribution in [0.2, 0.25) is 0 Å². The second kappa shape index (κ2) is 6.40. The SMILES string of the molecule is O=[N+]([O-])c1[c]ccc([N+](=O)[O-])c1.[Cl-].[Zn]. The Balaban J connectivity index is 0. The van der Waals surface area contributed by atoms with Gasteiger partial charge in [-0.3, -0.25) is 20.2 Å². The molecular weight excluding hydrogens is 265 g/mol. The van der Waals surface area contributed by atoms with Gasteiger partial charge in [0.1, 0.15) is 0 Å². The third kappa shape index (κ3) is 3.76. The Morgan fingerprint density at radius 2 is 1.79 bits per heavy atom. The summed E-state index contributed by atoms with van der Waals surface area (Å²) in [6, 6.07) is 5.42. The molecule has 0 atom stereocenters. The summed E-state index contributed by atoms with van der Waals surface area (Å²) in [6.45, 7) is 0. The van der Waals surface area contributed by atoms with Crippen LogP contribution in [0, 0.1) is 26.3 Å². The van der Waals surface area contributed by atoms with E-state index in [-0.39, 0.29) is 37.6 Å². The first-order valence-corrected chi connectivity index (χ1v) is 2.92. The summed E-state index contributed by atoms with van der Waals surface area (Å²) in [5.74, 6) is 0. The molecule has 0 bridgehead atoms. The topological polar surface area (TPSA) is 86.3 Å². The molecule has 8 heteroatoms. The quantitative estimate of drug-likeness (QED) is 0.363. The van der Waals surface area contributed by atoms with Gasteiger partial charge in [-0.05, 0) is 6.07 Å². The summed E-state index contributed by atoms with van der Waals surface area (Å²) in [7, 11) is 0. The minimum atomic E-state index is -0.729. The van der Waals surface area contributed by atoms with Gasteiger partial charge in [0.25, 0.3) is 11.4 Å². The van der Waals surface area contributed by atoms with E-state index in [2.05, 4.69) is 6.07 Å². The Bertz CT molecular complexity index is 317. The molecule has 1 aromatic rings. The number of halogens is 1. The van der Waals surface area contributed by atoms with Gasteiger partial charge in [-0.15, -0.1) is 0 Å². The van der Waals surface area contributed by atoms with Crippen LogP contribution in [0.1, 0.15) is 0 Å². The molecule has 0 heterocycles. The van der Waals surface area contributed by atoms with Gasteiger partial charge < -0.3 is 12.4 Å². The largest absolute Gasteiger partial charge is 1.00 e. The number of nitro benzene ring substituents is 2. The zero-order valence-corrected chi connectivity index (χ0v) is 10.6. The van der Waals surface area contributed by atoms with E-state index in [4.69, 9.17) is 0 Å². The number of rotatable bonds is 2. The second-order valence-electron chi connectivity index (χ2n) is 1.95. The summed E-state index contributed by atoms with van der Waals surface area (Å²) < 4.78 is 0. The van der Waals surface area contributed by atoms with E-state index in [0.717, 1.165) is 18.2 Å². The van der Waals surface area contributed by atoms with E-state index in [1.54, 1.807) is 0 Å². The van der Waals surface area contributed by atoms with Crippen LogP contribution in [-0.2, 0) is 19.5 Å². The van der Waals surface area contributed by atoms with Gasteiger partial charge in [0.05, 0.1) is 22.0 Å². The van der Waals surface area contributed by atoms with E-state index in [9.17, 15) is 20.2 Å². The average Bonchev–Trinajstić information content (AvgIpc) is 2.04. The fourth-order valence-electron chi connectivity index (χ4n) is 0.661. The Hall–Kier alpha value is -1.07. The van der Waals surface area contributed by atoms with Crippen LogP contribution in [0.25, 0.3) is 0 Å². The molecule has 1 rings (SSSR count). The number of nitrogens with zero attached hydrogens (tertiary/aromatic N) is 2. The molecule has 1 aromatic carbocycles. The van der Waals surface area contributed by atoms with Crippen molar-refractivity contribution in [3.05, 3.63) is 44.5 Å². The summed E-state index contributed by atoms with van der Waals surface area (Å²) >= 11 is 0. The van der Waals surface area contributed by atoms with Crippen molar-refractivity contribution in [2.24, 2.45) is 0 Å². The molecule has 0 saturated heterocycles. The van der Waals surface area contributed by atoms with Crippen LogP contribution in [0.4, 0.5) is 11.4 Å². The monoisotopic (exact) mass is 266 g/mol. The molecule has 0 spiro atoms. The molecule has 14 heavy (non-hydrogen) atoms. The van der Waals surface area contributed by atoms with E-state index in [1.807, 2.05) is 0 Å². The fourth-order valence-corrected chi connectivity index (χ4v) is 0.661. The first kappa shape index (κ1) is 15.4. The van der Waals surface area contributed by atoms with E-state index >= 15 is 0 Å². The van der Waals surface area contributed by atoms with Crippen LogP contribution in [0.5, 0.6) is 0 Å². The van der Waals surface area contributed by atoms with Crippen molar-refractivity contribution in [3.63, 3.8) is 0 Å². The summed E-state index contributed by atoms with van der Waals surface area (Å²) in [5.41, 5.74) is -0.704. The minimum absolute atomic E-state index is 0. The van der Waals surface area contributed by atoms with Gasteiger partial charge in [0.2, 0.25) is 0 Å². The van der Waals surface area contributed by atoms with Crippen molar-refractivity contribution in [2.75, 3.05) is 0 Å².